The van der Waals surface area contributed by atoms with Gasteiger partial charge in [-0.15, -0.1) is 11.6 Å². The van der Waals surface area contributed by atoms with Crippen LogP contribution in [0.1, 0.15) is 12.8 Å². The molecule has 13 heavy (non-hydrogen) atoms. The monoisotopic (exact) mass is 261 g/mol. The zero-order valence-electron chi connectivity index (χ0n) is 6.87. The Morgan fingerprint density at radius 3 is 2.92 bits per heavy atom. The summed E-state index contributed by atoms with van der Waals surface area (Å²) in [5.74, 6) is 0.851. The maximum absolute atomic E-state index is 5.87. The Balaban J connectivity index is 1.98. The van der Waals surface area contributed by atoms with Gasteiger partial charge in [0.1, 0.15) is 12.1 Å². The SMILES string of the molecule is ClC1CC(Nc2ncncc2Br)C1. The number of anilines is 1. The summed E-state index contributed by atoms with van der Waals surface area (Å²) in [6, 6.07) is 0.466. The van der Waals surface area contributed by atoms with Crippen molar-refractivity contribution in [2.24, 2.45) is 0 Å². The van der Waals surface area contributed by atoms with E-state index in [0.717, 1.165) is 23.1 Å². The Bertz CT molecular complexity index is 301. The molecule has 0 amide bonds. The number of nitrogens with zero attached hydrogens (tertiary/aromatic N) is 2. The molecule has 70 valence electrons. The van der Waals surface area contributed by atoms with Crippen LogP contribution >= 0.6 is 27.5 Å². The van der Waals surface area contributed by atoms with E-state index < -0.39 is 0 Å². The second kappa shape index (κ2) is 3.80. The minimum Gasteiger partial charge on any atom is -0.366 e. The zero-order chi connectivity index (χ0) is 9.26. The van der Waals surface area contributed by atoms with E-state index in [1.165, 1.54) is 6.33 Å². The van der Waals surface area contributed by atoms with Crippen LogP contribution in [-0.4, -0.2) is 21.4 Å². The van der Waals surface area contributed by atoms with Gasteiger partial charge in [0.2, 0.25) is 0 Å². The number of rotatable bonds is 2. The summed E-state index contributed by atoms with van der Waals surface area (Å²) in [5.41, 5.74) is 0. The van der Waals surface area contributed by atoms with Crippen molar-refractivity contribution in [1.29, 1.82) is 0 Å². The van der Waals surface area contributed by atoms with Gasteiger partial charge in [-0.3, -0.25) is 0 Å². The lowest BCUT2D eigenvalue weighted by Crippen LogP contribution is -2.36. The molecule has 0 bridgehead atoms. The number of aromatic nitrogens is 2. The fourth-order valence-electron chi connectivity index (χ4n) is 1.28. The summed E-state index contributed by atoms with van der Waals surface area (Å²) in [6.45, 7) is 0. The Morgan fingerprint density at radius 2 is 2.31 bits per heavy atom. The lowest BCUT2D eigenvalue weighted by molar-refractivity contribution is 0.453. The molecule has 1 aliphatic rings. The number of hydrogen-bond acceptors (Lipinski definition) is 3. The summed E-state index contributed by atoms with van der Waals surface area (Å²) < 4.78 is 0.896. The summed E-state index contributed by atoms with van der Waals surface area (Å²) in [7, 11) is 0. The molecular weight excluding hydrogens is 253 g/mol. The molecule has 0 atom stereocenters. The van der Waals surface area contributed by atoms with Crippen molar-refractivity contribution in [2.75, 3.05) is 5.32 Å². The van der Waals surface area contributed by atoms with E-state index in [-0.39, 0.29) is 0 Å². The molecule has 5 heteroatoms. The van der Waals surface area contributed by atoms with Crippen LogP contribution in [0.25, 0.3) is 0 Å². The highest BCUT2D eigenvalue weighted by molar-refractivity contribution is 9.10. The highest BCUT2D eigenvalue weighted by atomic mass is 79.9. The molecular formula is C8H9BrClN3. The number of alkyl halides is 1. The summed E-state index contributed by atoms with van der Waals surface area (Å²) >= 11 is 9.24. The van der Waals surface area contributed by atoms with Crippen molar-refractivity contribution >= 4 is 33.3 Å². The average molecular weight is 263 g/mol. The molecule has 1 heterocycles. The standard InChI is InChI=1S/C8H9BrClN3/c9-7-3-11-4-12-8(7)13-6-1-5(10)2-6/h3-6H,1-2H2,(H,11,12,13). The van der Waals surface area contributed by atoms with E-state index >= 15 is 0 Å². The minimum absolute atomic E-state index is 0.332. The molecule has 0 radical (unpaired) electrons. The maximum atomic E-state index is 5.87. The molecule has 3 nitrogen and oxygen atoms in total. The first kappa shape index (κ1) is 9.21. The Hall–Kier alpha value is -0.350. The number of halogens is 2. The predicted octanol–water partition coefficient (Wildman–Crippen LogP) is 2.42. The van der Waals surface area contributed by atoms with Crippen LogP contribution in [0.15, 0.2) is 17.0 Å². The summed E-state index contributed by atoms with van der Waals surface area (Å²) in [5, 5.41) is 3.63. The smallest absolute Gasteiger partial charge is 0.143 e. The van der Waals surface area contributed by atoms with E-state index in [4.69, 9.17) is 11.6 Å². The van der Waals surface area contributed by atoms with Crippen LogP contribution in [0, 0.1) is 0 Å². The Morgan fingerprint density at radius 1 is 1.54 bits per heavy atom. The Labute approximate surface area is 90.0 Å². The van der Waals surface area contributed by atoms with Crippen molar-refractivity contribution < 1.29 is 0 Å². The third-order valence-electron chi connectivity index (χ3n) is 2.09. The summed E-state index contributed by atoms with van der Waals surface area (Å²) in [4.78, 5) is 8.00. The molecule has 1 aromatic rings. The molecule has 0 aromatic carbocycles. The molecule has 0 unspecified atom stereocenters. The van der Waals surface area contributed by atoms with Crippen LogP contribution in [0.4, 0.5) is 5.82 Å². The molecule has 0 aliphatic heterocycles. The van der Waals surface area contributed by atoms with Gasteiger partial charge in [0.05, 0.1) is 4.47 Å². The van der Waals surface area contributed by atoms with Crippen LogP contribution < -0.4 is 5.32 Å². The van der Waals surface area contributed by atoms with Gasteiger partial charge in [-0.05, 0) is 28.8 Å². The van der Waals surface area contributed by atoms with Crippen molar-refractivity contribution in [3.8, 4) is 0 Å². The van der Waals surface area contributed by atoms with Gasteiger partial charge in [-0.2, -0.15) is 0 Å². The van der Waals surface area contributed by atoms with E-state index in [0.29, 0.717) is 11.4 Å². The molecule has 1 fully saturated rings. The van der Waals surface area contributed by atoms with Gasteiger partial charge in [0.25, 0.3) is 0 Å². The van der Waals surface area contributed by atoms with E-state index in [2.05, 4.69) is 31.2 Å². The molecule has 2 rings (SSSR count). The van der Waals surface area contributed by atoms with Gasteiger partial charge in [-0.25, -0.2) is 9.97 Å². The van der Waals surface area contributed by atoms with Crippen LogP contribution in [0.3, 0.4) is 0 Å². The lowest BCUT2D eigenvalue weighted by Gasteiger charge is -2.32. The molecule has 0 spiro atoms. The van der Waals surface area contributed by atoms with Crippen molar-refractivity contribution in [3.63, 3.8) is 0 Å². The largest absolute Gasteiger partial charge is 0.366 e. The Kier molecular flexibility index (Phi) is 2.69. The van der Waals surface area contributed by atoms with Gasteiger partial charge >= 0.3 is 0 Å². The third kappa shape index (κ3) is 2.11. The maximum Gasteiger partial charge on any atom is 0.143 e. The van der Waals surface area contributed by atoms with Gasteiger partial charge in [0.15, 0.2) is 0 Å². The topological polar surface area (TPSA) is 37.8 Å². The van der Waals surface area contributed by atoms with E-state index in [1.54, 1.807) is 6.20 Å². The predicted molar refractivity (Wildman–Crippen MR) is 56.0 cm³/mol. The highest BCUT2D eigenvalue weighted by Gasteiger charge is 2.27. The van der Waals surface area contributed by atoms with E-state index in [9.17, 15) is 0 Å². The van der Waals surface area contributed by atoms with Crippen LogP contribution in [-0.2, 0) is 0 Å². The second-order valence-corrected chi connectivity index (χ2v) is 4.60. The van der Waals surface area contributed by atoms with Crippen molar-refractivity contribution in [2.45, 2.75) is 24.3 Å². The second-order valence-electron chi connectivity index (χ2n) is 3.13. The minimum atomic E-state index is 0.332. The van der Waals surface area contributed by atoms with Crippen LogP contribution in [0.2, 0.25) is 0 Å². The van der Waals surface area contributed by atoms with Gasteiger partial charge in [-0.1, -0.05) is 0 Å². The first-order valence-electron chi connectivity index (χ1n) is 4.12. The number of nitrogens with one attached hydrogen (secondary N) is 1. The lowest BCUT2D eigenvalue weighted by atomic mass is 9.92. The van der Waals surface area contributed by atoms with Crippen LogP contribution in [0.5, 0.6) is 0 Å². The first-order valence-corrected chi connectivity index (χ1v) is 5.35. The van der Waals surface area contributed by atoms with Crippen molar-refractivity contribution in [3.05, 3.63) is 17.0 Å². The first-order chi connectivity index (χ1) is 6.25. The van der Waals surface area contributed by atoms with Crippen molar-refractivity contribution in [1.82, 2.24) is 9.97 Å². The van der Waals surface area contributed by atoms with Gasteiger partial charge in [0, 0.05) is 17.6 Å². The molecule has 1 N–H and O–H groups in total. The fourth-order valence-corrected chi connectivity index (χ4v) is 2.04. The molecule has 0 saturated heterocycles. The van der Waals surface area contributed by atoms with E-state index in [1.807, 2.05) is 0 Å². The third-order valence-corrected chi connectivity index (χ3v) is 3.03. The van der Waals surface area contributed by atoms with Gasteiger partial charge < -0.3 is 5.32 Å². The number of hydrogen-bond donors (Lipinski definition) is 1. The summed E-state index contributed by atoms with van der Waals surface area (Å²) in [6.07, 6.45) is 5.28. The molecule has 1 saturated carbocycles. The molecule has 1 aliphatic carbocycles. The average Bonchev–Trinajstić information content (AvgIpc) is 2.06. The highest BCUT2D eigenvalue weighted by Crippen LogP contribution is 2.29. The zero-order valence-corrected chi connectivity index (χ0v) is 9.22. The molecule has 1 aromatic heterocycles. The fraction of sp³-hybridized carbons (Fsp3) is 0.500. The normalized spacial score (nSPS) is 26.6. The quantitative estimate of drug-likeness (QED) is 0.832.